The second-order valence-corrected chi connectivity index (χ2v) is 10.2. The van der Waals surface area contributed by atoms with E-state index < -0.39 is 6.16 Å². The molecule has 0 aromatic rings. The first-order chi connectivity index (χ1) is 10.3. The number of hydrogen-bond donors (Lipinski definition) is 0. The van der Waals surface area contributed by atoms with Crippen molar-refractivity contribution in [2.75, 3.05) is 54.4 Å². The van der Waals surface area contributed by atoms with Crippen LogP contribution >= 0.6 is 0 Å². The van der Waals surface area contributed by atoms with Gasteiger partial charge in [-0.25, -0.2) is 0 Å². The van der Waals surface area contributed by atoms with Gasteiger partial charge in [-0.15, -0.1) is 0 Å². The van der Waals surface area contributed by atoms with Crippen molar-refractivity contribution in [2.24, 2.45) is 10.8 Å². The van der Waals surface area contributed by atoms with Gasteiger partial charge in [0.1, 0.15) is 0 Å². The molecule has 0 aromatic heterocycles. The minimum absolute atomic E-state index is 0.458. The van der Waals surface area contributed by atoms with Crippen LogP contribution < -0.4 is 10.2 Å². The zero-order chi connectivity index (χ0) is 20.4. The van der Waals surface area contributed by atoms with Crippen molar-refractivity contribution in [1.29, 1.82) is 0 Å². The second-order valence-electron chi connectivity index (χ2n) is 10.2. The van der Waals surface area contributed by atoms with E-state index in [1.165, 1.54) is 26.2 Å². The van der Waals surface area contributed by atoms with E-state index in [1.807, 2.05) is 0 Å². The summed E-state index contributed by atoms with van der Waals surface area (Å²) in [5.41, 5.74) is 0.916. The molecule has 0 aliphatic carbocycles. The predicted molar refractivity (Wildman–Crippen MR) is 99.3 cm³/mol. The maximum Gasteiger partial charge on any atom is 0.0831 e. The molecule has 0 amide bonds. The third-order valence-electron chi connectivity index (χ3n) is 3.52. The Morgan fingerprint density at radius 2 is 0.875 bits per heavy atom. The monoisotopic (exact) mass is 348 g/mol. The van der Waals surface area contributed by atoms with Gasteiger partial charge in [0.05, 0.1) is 54.4 Å². The summed E-state index contributed by atoms with van der Waals surface area (Å²) >= 11 is 0. The molecule has 0 aliphatic heterocycles. The highest BCUT2D eigenvalue weighted by Gasteiger charge is 2.22. The largest absolute Gasteiger partial charge is 0.652 e. The molecule has 0 saturated carbocycles. The highest BCUT2D eigenvalue weighted by molar-refractivity contribution is 5.47. The summed E-state index contributed by atoms with van der Waals surface area (Å²) in [5.74, 6) is 0. The molecule has 5 heteroatoms. The molecule has 0 atom stereocenters. The van der Waals surface area contributed by atoms with Gasteiger partial charge in [0.25, 0.3) is 0 Å². The first-order valence-corrected chi connectivity index (χ1v) is 8.79. The molecule has 0 aromatic carbocycles. The number of nitrogens with zero attached hydrogens (tertiary/aromatic N) is 2. The summed E-state index contributed by atoms with van der Waals surface area (Å²) in [7, 11) is 9.13. The Balaban J connectivity index is -0.000000301. The van der Waals surface area contributed by atoms with Crippen LogP contribution in [-0.2, 0) is 0 Å². The molecule has 0 aliphatic rings. The van der Waals surface area contributed by atoms with Crippen molar-refractivity contribution in [1.82, 2.24) is 0 Å². The molecule has 0 fully saturated rings. The van der Waals surface area contributed by atoms with Crippen LogP contribution in [0.3, 0.4) is 0 Å². The Kier molecular flexibility index (Phi) is 12.8. The molecular weight excluding hydrogens is 304 g/mol. The van der Waals surface area contributed by atoms with E-state index in [9.17, 15) is 0 Å². The molecule has 0 heterocycles. The van der Waals surface area contributed by atoms with Crippen molar-refractivity contribution in [3.05, 3.63) is 0 Å². The maximum absolute atomic E-state index is 8.33. The van der Waals surface area contributed by atoms with E-state index in [0.717, 1.165) is 8.97 Å². The van der Waals surface area contributed by atoms with Crippen LogP contribution in [0.4, 0.5) is 4.79 Å². The van der Waals surface area contributed by atoms with Crippen LogP contribution in [-0.4, -0.2) is 69.5 Å². The van der Waals surface area contributed by atoms with Crippen molar-refractivity contribution >= 4 is 6.16 Å². The number of carbonyl (C=O) groups is 1. The number of quaternary nitrogens is 2. The van der Waals surface area contributed by atoms with Gasteiger partial charge in [-0.3, -0.25) is 0 Å². The smallest absolute Gasteiger partial charge is 0.0831 e. The van der Waals surface area contributed by atoms with Gasteiger partial charge in [-0.1, -0.05) is 41.5 Å². The molecule has 24 heavy (non-hydrogen) atoms. The van der Waals surface area contributed by atoms with Gasteiger partial charge in [0, 0.05) is 10.8 Å². The Hall–Kier alpha value is -0.810. The minimum Gasteiger partial charge on any atom is -0.652 e. The average Bonchev–Trinajstić information content (AvgIpc) is 2.23. The van der Waals surface area contributed by atoms with Gasteiger partial charge in [0.15, 0.2) is 0 Å². The third kappa shape index (κ3) is 29.2. The quantitative estimate of drug-likeness (QED) is 0.728. The molecule has 0 bridgehead atoms. The van der Waals surface area contributed by atoms with E-state index in [1.54, 1.807) is 0 Å². The number of carboxylic acid groups (broad SMARTS) is 2. The summed E-state index contributed by atoms with van der Waals surface area (Å²) in [5, 5.41) is 16.7. The maximum atomic E-state index is 8.33. The van der Waals surface area contributed by atoms with Gasteiger partial charge in [-0.2, -0.15) is 0 Å². The predicted octanol–water partition coefficient (Wildman–Crippen LogP) is 1.81. The summed E-state index contributed by atoms with van der Waals surface area (Å²) < 4.78 is 2.26. The van der Waals surface area contributed by atoms with Crippen molar-refractivity contribution < 1.29 is 24.0 Å². The van der Waals surface area contributed by atoms with Gasteiger partial charge in [0.2, 0.25) is 0 Å². The zero-order valence-corrected chi connectivity index (χ0v) is 18.4. The SMILES string of the molecule is CC[N+](C)(C)CC(C)(C)C.CC[N+](C)(C)CC(C)(C)C.O=C([O-])[O-]. The molecular formula is C19H44N2O3. The van der Waals surface area contributed by atoms with E-state index in [0.29, 0.717) is 10.8 Å². The van der Waals surface area contributed by atoms with E-state index >= 15 is 0 Å². The second kappa shape index (κ2) is 10.9. The molecule has 148 valence electrons. The molecule has 0 unspecified atom stereocenters. The van der Waals surface area contributed by atoms with Gasteiger partial charge >= 0.3 is 0 Å². The fourth-order valence-electron chi connectivity index (χ4n) is 2.79. The fourth-order valence-corrected chi connectivity index (χ4v) is 2.79. The lowest BCUT2D eigenvalue weighted by atomic mass is 9.95. The topological polar surface area (TPSA) is 63.2 Å². The fraction of sp³-hybridized carbons (Fsp3) is 0.947. The normalized spacial score (nSPS) is 12.5. The lowest BCUT2D eigenvalue weighted by molar-refractivity contribution is -0.894. The highest BCUT2D eigenvalue weighted by atomic mass is 16.6. The first-order valence-electron chi connectivity index (χ1n) is 8.79. The summed E-state index contributed by atoms with van der Waals surface area (Å²) in [6.45, 7) is 23.2. The van der Waals surface area contributed by atoms with Crippen molar-refractivity contribution in [3.8, 4) is 0 Å². The average molecular weight is 349 g/mol. The van der Waals surface area contributed by atoms with Crippen LogP contribution in [0.1, 0.15) is 55.4 Å². The third-order valence-corrected chi connectivity index (χ3v) is 3.52. The minimum atomic E-state index is -2.33. The number of hydrogen-bond acceptors (Lipinski definition) is 3. The lowest BCUT2D eigenvalue weighted by Gasteiger charge is -2.34. The molecule has 5 nitrogen and oxygen atoms in total. The standard InChI is InChI=1S/2C9H22N.CH2O3/c2*1-7-10(5,6)8-9(2,3)4;2-1(3)4/h2*7-8H2,1-6H3;(H2,2,3,4)/q2*+1;/p-2. The van der Waals surface area contributed by atoms with Crippen LogP contribution in [0.15, 0.2) is 0 Å². The van der Waals surface area contributed by atoms with Crippen LogP contribution in [0.25, 0.3) is 0 Å². The van der Waals surface area contributed by atoms with Gasteiger partial charge < -0.3 is 24.0 Å². The first kappa shape index (κ1) is 28.0. The van der Waals surface area contributed by atoms with Crippen molar-refractivity contribution in [3.63, 3.8) is 0 Å². The van der Waals surface area contributed by atoms with Crippen LogP contribution in [0, 0.1) is 10.8 Å². The molecule has 0 spiro atoms. The Morgan fingerprint density at radius 3 is 0.917 bits per heavy atom. The lowest BCUT2D eigenvalue weighted by Crippen LogP contribution is -2.45. The van der Waals surface area contributed by atoms with Crippen LogP contribution in [0.5, 0.6) is 0 Å². The summed E-state index contributed by atoms with van der Waals surface area (Å²) in [6.07, 6.45) is -2.33. The summed E-state index contributed by atoms with van der Waals surface area (Å²) in [6, 6.07) is 0. The Bertz CT molecular complexity index is 306. The summed E-state index contributed by atoms with van der Waals surface area (Å²) in [4.78, 5) is 8.33. The van der Waals surface area contributed by atoms with Crippen LogP contribution in [0.2, 0.25) is 0 Å². The van der Waals surface area contributed by atoms with E-state index in [4.69, 9.17) is 15.0 Å². The molecule has 0 N–H and O–H groups in total. The van der Waals surface area contributed by atoms with E-state index in [2.05, 4.69) is 83.6 Å². The Morgan fingerprint density at radius 1 is 0.708 bits per heavy atom. The van der Waals surface area contributed by atoms with Crippen molar-refractivity contribution in [2.45, 2.75) is 55.4 Å². The molecule has 0 rings (SSSR count). The zero-order valence-electron chi connectivity index (χ0n) is 18.4. The van der Waals surface area contributed by atoms with E-state index in [-0.39, 0.29) is 0 Å². The Labute approximate surface area is 151 Å². The highest BCUT2D eigenvalue weighted by Crippen LogP contribution is 2.18. The molecule has 0 radical (unpaired) electrons. The number of rotatable bonds is 4. The number of carbonyl (C=O) groups excluding carboxylic acids is 1. The van der Waals surface area contributed by atoms with Gasteiger partial charge in [-0.05, 0) is 20.0 Å². The molecule has 0 saturated heterocycles.